The maximum atomic E-state index is 11.0. The number of rotatable bonds is 1. The molecule has 1 aliphatic heterocycles. The first-order valence-corrected chi connectivity index (χ1v) is 7.66. The smallest absolute Gasteiger partial charge is 0.407 e. The van der Waals surface area contributed by atoms with Crippen molar-refractivity contribution in [2.24, 2.45) is 5.73 Å². The summed E-state index contributed by atoms with van der Waals surface area (Å²) in [6, 6.07) is 4.62. The van der Waals surface area contributed by atoms with Gasteiger partial charge in [-0.15, -0.1) is 0 Å². The molecule has 21 heavy (non-hydrogen) atoms. The number of hydrogen-bond donors (Lipinski definition) is 2. The topological polar surface area (TPSA) is 69.8 Å². The lowest BCUT2D eigenvalue weighted by Crippen LogP contribution is -2.48. The van der Waals surface area contributed by atoms with Crippen LogP contribution in [0.25, 0.3) is 0 Å². The van der Waals surface area contributed by atoms with Gasteiger partial charge in [0, 0.05) is 37.9 Å². The number of nitrogens with two attached hydrogens (primary N) is 1. The van der Waals surface area contributed by atoms with Crippen molar-refractivity contribution in [2.75, 3.05) is 31.1 Å². The maximum absolute atomic E-state index is 11.0. The van der Waals surface area contributed by atoms with Gasteiger partial charge in [-0.2, -0.15) is 0 Å². The number of amides is 1. The third-order valence-corrected chi connectivity index (χ3v) is 4.76. The molecule has 3 rings (SSSR count). The summed E-state index contributed by atoms with van der Waals surface area (Å²) in [6.07, 6.45) is 2.24. The highest BCUT2D eigenvalue weighted by Crippen LogP contribution is 2.32. The van der Waals surface area contributed by atoms with Gasteiger partial charge < -0.3 is 20.6 Å². The number of nitrogens with zero attached hydrogens (tertiary/aromatic N) is 2. The van der Waals surface area contributed by atoms with Gasteiger partial charge in [0.05, 0.1) is 0 Å². The van der Waals surface area contributed by atoms with Gasteiger partial charge in [-0.3, -0.25) is 0 Å². The highest BCUT2D eigenvalue weighted by Gasteiger charge is 2.26. The van der Waals surface area contributed by atoms with E-state index in [4.69, 9.17) is 10.8 Å². The van der Waals surface area contributed by atoms with Gasteiger partial charge in [-0.25, -0.2) is 4.79 Å². The molecule has 0 spiro atoms. The highest BCUT2D eigenvalue weighted by molar-refractivity contribution is 5.66. The molecule has 1 fully saturated rings. The van der Waals surface area contributed by atoms with Crippen LogP contribution in [0.4, 0.5) is 10.5 Å². The van der Waals surface area contributed by atoms with E-state index in [2.05, 4.69) is 24.0 Å². The van der Waals surface area contributed by atoms with Crippen molar-refractivity contribution in [2.45, 2.75) is 32.2 Å². The average molecular weight is 289 g/mol. The van der Waals surface area contributed by atoms with Crippen LogP contribution in [0.2, 0.25) is 0 Å². The highest BCUT2D eigenvalue weighted by atomic mass is 16.4. The van der Waals surface area contributed by atoms with Gasteiger partial charge in [0.25, 0.3) is 0 Å². The summed E-state index contributed by atoms with van der Waals surface area (Å²) in [4.78, 5) is 14.8. The Hall–Kier alpha value is -1.75. The Balaban J connectivity index is 1.85. The van der Waals surface area contributed by atoms with Crippen molar-refractivity contribution in [3.63, 3.8) is 0 Å². The van der Waals surface area contributed by atoms with Crippen LogP contribution in [0.5, 0.6) is 0 Å². The molecule has 1 aromatic rings. The molecule has 1 unspecified atom stereocenters. The standard InChI is InChI=1S/C16H23N3O2/c1-11-2-5-15(14-10-12(17)3-4-13(11)14)18-6-8-19(9-7-18)16(20)21/h2,5,12H,3-4,6-10,17H2,1H3,(H,20,21). The molecule has 5 nitrogen and oxygen atoms in total. The summed E-state index contributed by atoms with van der Waals surface area (Å²) < 4.78 is 0. The lowest BCUT2D eigenvalue weighted by molar-refractivity contribution is 0.142. The lowest BCUT2D eigenvalue weighted by Gasteiger charge is -2.37. The summed E-state index contributed by atoms with van der Waals surface area (Å²) in [6.45, 7) is 4.84. The monoisotopic (exact) mass is 289 g/mol. The van der Waals surface area contributed by atoms with Crippen LogP contribution < -0.4 is 10.6 Å². The van der Waals surface area contributed by atoms with E-state index in [0.29, 0.717) is 13.1 Å². The van der Waals surface area contributed by atoms with Crippen molar-refractivity contribution >= 4 is 11.8 Å². The van der Waals surface area contributed by atoms with E-state index in [1.807, 2.05) is 0 Å². The van der Waals surface area contributed by atoms with Gasteiger partial charge >= 0.3 is 6.09 Å². The van der Waals surface area contributed by atoms with Gasteiger partial charge in [0.1, 0.15) is 0 Å². The zero-order valence-electron chi connectivity index (χ0n) is 12.5. The minimum absolute atomic E-state index is 0.248. The summed E-state index contributed by atoms with van der Waals surface area (Å²) in [5, 5.41) is 9.05. The molecule has 1 aliphatic carbocycles. The van der Waals surface area contributed by atoms with Gasteiger partial charge in [0.2, 0.25) is 0 Å². The van der Waals surface area contributed by atoms with Crippen molar-refractivity contribution < 1.29 is 9.90 Å². The van der Waals surface area contributed by atoms with Gasteiger partial charge in [-0.1, -0.05) is 6.07 Å². The van der Waals surface area contributed by atoms with Crippen LogP contribution in [-0.4, -0.2) is 48.3 Å². The molecular weight excluding hydrogens is 266 g/mol. The molecule has 0 bridgehead atoms. The molecule has 1 atom stereocenters. The molecule has 0 aromatic heterocycles. The van der Waals surface area contributed by atoms with Gasteiger partial charge in [-0.05, 0) is 48.9 Å². The first kappa shape index (κ1) is 14.2. The lowest BCUT2D eigenvalue weighted by atomic mass is 9.84. The fraction of sp³-hybridized carbons (Fsp3) is 0.562. The molecular formula is C16H23N3O2. The molecule has 114 valence electrons. The normalized spacial score (nSPS) is 22.1. The third-order valence-electron chi connectivity index (χ3n) is 4.76. The SMILES string of the molecule is Cc1ccc(N2CCN(C(=O)O)CC2)c2c1CCC(N)C2. The van der Waals surface area contributed by atoms with Crippen molar-refractivity contribution in [1.29, 1.82) is 0 Å². The molecule has 3 N–H and O–H groups in total. The zero-order chi connectivity index (χ0) is 15.0. The first-order valence-electron chi connectivity index (χ1n) is 7.66. The summed E-state index contributed by atoms with van der Waals surface area (Å²) in [5.41, 5.74) is 11.6. The fourth-order valence-corrected chi connectivity index (χ4v) is 3.50. The van der Waals surface area contributed by atoms with E-state index in [1.54, 1.807) is 0 Å². The molecule has 1 amide bonds. The molecule has 1 saturated heterocycles. The predicted molar refractivity (Wildman–Crippen MR) is 83.0 cm³/mol. The van der Waals surface area contributed by atoms with Crippen LogP contribution >= 0.6 is 0 Å². The van der Waals surface area contributed by atoms with Crippen molar-refractivity contribution in [3.8, 4) is 0 Å². The molecule has 1 aromatic carbocycles. The molecule has 2 aliphatic rings. The second kappa shape index (κ2) is 5.56. The van der Waals surface area contributed by atoms with E-state index in [-0.39, 0.29) is 6.04 Å². The van der Waals surface area contributed by atoms with E-state index in [1.165, 1.54) is 27.3 Å². The Morgan fingerprint density at radius 1 is 1.24 bits per heavy atom. The summed E-state index contributed by atoms with van der Waals surface area (Å²) >= 11 is 0. The van der Waals surface area contributed by atoms with E-state index in [9.17, 15) is 4.79 Å². The predicted octanol–water partition coefficient (Wildman–Crippen LogP) is 1.61. The fourth-order valence-electron chi connectivity index (χ4n) is 3.50. The Labute approximate surface area is 125 Å². The van der Waals surface area contributed by atoms with Gasteiger partial charge in [0.15, 0.2) is 0 Å². The van der Waals surface area contributed by atoms with Crippen molar-refractivity contribution in [3.05, 3.63) is 28.8 Å². The molecule has 0 radical (unpaired) electrons. The average Bonchev–Trinajstić information content (AvgIpc) is 2.47. The number of piperazine rings is 1. The van der Waals surface area contributed by atoms with Crippen LogP contribution in [-0.2, 0) is 12.8 Å². The number of anilines is 1. The van der Waals surface area contributed by atoms with E-state index < -0.39 is 6.09 Å². The van der Waals surface area contributed by atoms with Crippen LogP contribution in [0, 0.1) is 6.92 Å². The Morgan fingerprint density at radius 3 is 2.62 bits per heavy atom. The second-order valence-electron chi connectivity index (χ2n) is 6.12. The number of fused-ring (bicyclic) bond motifs is 1. The number of carbonyl (C=O) groups is 1. The van der Waals surface area contributed by atoms with Crippen molar-refractivity contribution in [1.82, 2.24) is 4.90 Å². The maximum Gasteiger partial charge on any atom is 0.407 e. The Kier molecular flexibility index (Phi) is 3.76. The largest absolute Gasteiger partial charge is 0.465 e. The molecule has 0 saturated carbocycles. The third kappa shape index (κ3) is 2.70. The zero-order valence-corrected chi connectivity index (χ0v) is 12.5. The number of benzene rings is 1. The Bertz CT molecular complexity index is 551. The summed E-state index contributed by atoms with van der Waals surface area (Å²) in [7, 11) is 0. The molecule has 1 heterocycles. The quantitative estimate of drug-likeness (QED) is 0.824. The van der Waals surface area contributed by atoms with Crippen LogP contribution in [0.15, 0.2) is 12.1 Å². The van der Waals surface area contributed by atoms with Crippen LogP contribution in [0.3, 0.4) is 0 Å². The van der Waals surface area contributed by atoms with Crippen LogP contribution in [0.1, 0.15) is 23.1 Å². The first-order chi connectivity index (χ1) is 10.1. The second-order valence-corrected chi connectivity index (χ2v) is 6.12. The van der Waals surface area contributed by atoms with E-state index >= 15 is 0 Å². The number of aryl methyl sites for hydroxylation is 1. The molecule has 5 heteroatoms. The number of hydrogen-bond acceptors (Lipinski definition) is 3. The Morgan fingerprint density at radius 2 is 1.95 bits per heavy atom. The minimum Gasteiger partial charge on any atom is -0.465 e. The summed E-state index contributed by atoms with van der Waals surface area (Å²) in [5.74, 6) is 0. The number of carboxylic acid groups (broad SMARTS) is 1. The minimum atomic E-state index is -0.817. The van der Waals surface area contributed by atoms with E-state index in [0.717, 1.165) is 32.4 Å².